The zero-order valence-electron chi connectivity index (χ0n) is 19.0. The van der Waals surface area contributed by atoms with Gasteiger partial charge < -0.3 is 9.64 Å². The Balaban J connectivity index is 1.78. The summed E-state index contributed by atoms with van der Waals surface area (Å²) in [5, 5.41) is 11.1. The van der Waals surface area contributed by atoms with Crippen LogP contribution in [0.2, 0.25) is 0 Å². The summed E-state index contributed by atoms with van der Waals surface area (Å²) in [7, 11) is 0. The van der Waals surface area contributed by atoms with Gasteiger partial charge in [-0.1, -0.05) is 13.8 Å². The van der Waals surface area contributed by atoms with E-state index in [0.29, 0.717) is 54.2 Å². The number of nitro groups is 1. The van der Waals surface area contributed by atoms with Crippen LogP contribution in [0, 0.1) is 22.0 Å². The molecule has 2 unspecified atom stereocenters. The molecule has 2 aromatic carbocycles. The highest BCUT2D eigenvalue weighted by Gasteiger charge is 2.43. The molecule has 1 fully saturated rings. The molecule has 2 amide bonds. The Morgan fingerprint density at radius 3 is 2.12 bits per heavy atom. The maximum absolute atomic E-state index is 13.7. The molecule has 2 atom stereocenters. The van der Waals surface area contributed by atoms with Crippen LogP contribution in [-0.2, 0) is 9.59 Å². The molecule has 172 valence electrons. The number of anilines is 1. The molecule has 1 saturated heterocycles. The van der Waals surface area contributed by atoms with E-state index >= 15 is 0 Å². The largest absolute Gasteiger partial charge is 0.494 e. The number of piperidine rings is 1. The maximum Gasteiger partial charge on any atom is 0.282 e. The summed E-state index contributed by atoms with van der Waals surface area (Å²) in [6, 6.07) is 12.6. The highest BCUT2D eigenvalue weighted by atomic mass is 16.6. The lowest BCUT2D eigenvalue weighted by molar-refractivity contribution is -0.384. The first kappa shape index (κ1) is 22.5. The normalized spacial score (nSPS) is 21.1. The molecule has 0 saturated carbocycles. The number of hydrogen-bond donors (Lipinski definition) is 0. The molecular formula is C25H27N3O5. The first-order valence-corrected chi connectivity index (χ1v) is 11.2. The smallest absolute Gasteiger partial charge is 0.282 e. The van der Waals surface area contributed by atoms with Gasteiger partial charge in [0.05, 0.1) is 22.8 Å². The van der Waals surface area contributed by atoms with E-state index in [9.17, 15) is 19.7 Å². The molecule has 0 aliphatic carbocycles. The molecule has 0 radical (unpaired) electrons. The van der Waals surface area contributed by atoms with Gasteiger partial charge in [0.2, 0.25) is 0 Å². The third-order valence-corrected chi connectivity index (χ3v) is 6.02. The molecule has 0 N–H and O–H groups in total. The Bertz CT molecular complexity index is 1100. The summed E-state index contributed by atoms with van der Waals surface area (Å²) >= 11 is 0. The first-order chi connectivity index (χ1) is 15.8. The lowest BCUT2D eigenvalue weighted by atomic mass is 9.91. The van der Waals surface area contributed by atoms with E-state index in [0.717, 1.165) is 6.42 Å². The first-order valence-electron chi connectivity index (χ1n) is 11.2. The van der Waals surface area contributed by atoms with E-state index in [1.807, 2.05) is 11.8 Å². The summed E-state index contributed by atoms with van der Waals surface area (Å²) < 4.78 is 5.48. The number of rotatable bonds is 6. The average molecular weight is 450 g/mol. The van der Waals surface area contributed by atoms with Gasteiger partial charge in [-0.2, -0.15) is 0 Å². The number of nitrogens with zero attached hydrogens (tertiary/aromatic N) is 3. The number of nitro benzene ring substituents is 1. The molecule has 2 aliphatic rings. The van der Waals surface area contributed by atoms with Crippen molar-refractivity contribution in [2.45, 2.75) is 27.2 Å². The van der Waals surface area contributed by atoms with Crippen LogP contribution in [0.25, 0.3) is 5.57 Å². The van der Waals surface area contributed by atoms with Crippen LogP contribution in [0.4, 0.5) is 11.4 Å². The van der Waals surface area contributed by atoms with Crippen LogP contribution < -0.4 is 9.64 Å². The van der Waals surface area contributed by atoms with E-state index in [1.165, 1.54) is 29.2 Å². The summed E-state index contributed by atoms with van der Waals surface area (Å²) in [5.41, 5.74) is 1.53. The van der Waals surface area contributed by atoms with Crippen molar-refractivity contribution >= 4 is 28.8 Å². The van der Waals surface area contributed by atoms with Crippen LogP contribution in [0.15, 0.2) is 54.2 Å². The Hall–Kier alpha value is -3.68. The van der Waals surface area contributed by atoms with E-state index < -0.39 is 10.8 Å². The second-order valence-corrected chi connectivity index (χ2v) is 8.75. The summed E-state index contributed by atoms with van der Waals surface area (Å²) in [4.78, 5) is 41.1. The minimum atomic E-state index is -0.485. The van der Waals surface area contributed by atoms with Crippen molar-refractivity contribution < 1.29 is 19.2 Å². The lowest BCUT2D eigenvalue weighted by Gasteiger charge is -2.37. The number of carbonyl (C=O) groups excluding carboxylic acids is 2. The molecule has 4 rings (SSSR count). The van der Waals surface area contributed by atoms with Gasteiger partial charge in [0.1, 0.15) is 11.4 Å². The number of ether oxygens (including phenoxy) is 1. The van der Waals surface area contributed by atoms with Gasteiger partial charge >= 0.3 is 0 Å². The zero-order valence-corrected chi connectivity index (χ0v) is 19.0. The maximum atomic E-state index is 13.7. The minimum Gasteiger partial charge on any atom is -0.494 e. The number of likely N-dealkylation sites (tertiary alicyclic amines) is 1. The molecule has 2 heterocycles. The molecular weight excluding hydrogens is 422 g/mol. The predicted molar refractivity (Wildman–Crippen MR) is 125 cm³/mol. The van der Waals surface area contributed by atoms with Gasteiger partial charge in [-0.15, -0.1) is 0 Å². The highest BCUT2D eigenvalue weighted by molar-refractivity contribution is 6.45. The van der Waals surface area contributed by atoms with E-state index in [1.54, 1.807) is 24.3 Å². The van der Waals surface area contributed by atoms with Crippen molar-refractivity contribution in [3.63, 3.8) is 0 Å². The topological polar surface area (TPSA) is 93.0 Å². The number of carbonyl (C=O) groups is 2. The van der Waals surface area contributed by atoms with Gasteiger partial charge in [-0.3, -0.25) is 19.7 Å². The number of imide groups is 1. The molecule has 0 bridgehead atoms. The Kier molecular flexibility index (Phi) is 6.18. The Morgan fingerprint density at radius 2 is 1.58 bits per heavy atom. The van der Waals surface area contributed by atoms with Crippen LogP contribution in [0.3, 0.4) is 0 Å². The van der Waals surface area contributed by atoms with E-state index in [2.05, 4.69) is 13.8 Å². The van der Waals surface area contributed by atoms with E-state index in [-0.39, 0.29) is 17.2 Å². The molecule has 2 aliphatic heterocycles. The standard InChI is InChI=1S/C25H27N3O5/c1-4-33-21-11-9-19(10-12-21)27-24(29)22(18-5-7-20(8-6-18)28(31)32)23(25(27)30)26-14-16(2)13-17(3)15-26/h5-12,16-17H,4,13-15H2,1-3H3. The molecule has 0 aromatic heterocycles. The SMILES string of the molecule is CCOc1ccc(N2C(=O)C(c3ccc([N+](=O)[O-])cc3)=C(N3CC(C)CC(C)C3)C2=O)cc1. The van der Waals surface area contributed by atoms with Gasteiger partial charge in [0.25, 0.3) is 17.5 Å². The van der Waals surface area contributed by atoms with Crippen molar-refractivity contribution in [1.82, 2.24) is 4.90 Å². The number of non-ortho nitro benzene ring substituents is 1. The summed E-state index contributed by atoms with van der Waals surface area (Å²) in [5.74, 6) is 0.601. The molecule has 8 heteroatoms. The quantitative estimate of drug-likeness (QED) is 0.372. The van der Waals surface area contributed by atoms with Crippen LogP contribution in [0.1, 0.15) is 32.8 Å². The summed E-state index contributed by atoms with van der Waals surface area (Å²) in [6.45, 7) is 8.02. The van der Waals surface area contributed by atoms with Crippen LogP contribution in [0.5, 0.6) is 5.75 Å². The fraction of sp³-hybridized carbons (Fsp3) is 0.360. The lowest BCUT2D eigenvalue weighted by Crippen LogP contribution is -2.42. The molecule has 2 aromatic rings. The van der Waals surface area contributed by atoms with Gasteiger partial charge in [-0.05, 0) is 67.1 Å². The van der Waals surface area contributed by atoms with Gasteiger partial charge in [0.15, 0.2) is 0 Å². The number of hydrogen-bond acceptors (Lipinski definition) is 6. The van der Waals surface area contributed by atoms with Crippen molar-refractivity contribution in [1.29, 1.82) is 0 Å². The second-order valence-electron chi connectivity index (χ2n) is 8.75. The Morgan fingerprint density at radius 1 is 0.970 bits per heavy atom. The number of benzene rings is 2. The van der Waals surface area contributed by atoms with Crippen LogP contribution in [-0.4, -0.2) is 41.3 Å². The molecule has 33 heavy (non-hydrogen) atoms. The number of amides is 2. The zero-order chi connectivity index (χ0) is 23.7. The Labute approximate surface area is 192 Å². The monoisotopic (exact) mass is 449 g/mol. The summed E-state index contributed by atoms with van der Waals surface area (Å²) in [6.07, 6.45) is 1.06. The molecule has 0 spiro atoms. The third kappa shape index (κ3) is 4.33. The average Bonchev–Trinajstić information content (AvgIpc) is 3.04. The predicted octanol–water partition coefficient (Wildman–Crippen LogP) is 4.26. The fourth-order valence-corrected chi connectivity index (χ4v) is 4.76. The van der Waals surface area contributed by atoms with E-state index in [4.69, 9.17) is 4.74 Å². The van der Waals surface area contributed by atoms with Crippen molar-refractivity contribution in [2.75, 3.05) is 24.6 Å². The highest BCUT2D eigenvalue weighted by Crippen LogP contribution is 2.38. The van der Waals surface area contributed by atoms with Gasteiger partial charge in [-0.25, -0.2) is 4.90 Å². The van der Waals surface area contributed by atoms with Crippen molar-refractivity contribution in [3.8, 4) is 5.75 Å². The fourth-order valence-electron chi connectivity index (χ4n) is 4.76. The van der Waals surface area contributed by atoms with Crippen molar-refractivity contribution in [2.24, 2.45) is 11.8 Å². The van der Waals surface area contributed by atoms with Crippen LogP contribution >= 0.6 is 0 Å². The second kappa shape index (κ2) is 9.05. The third-order valence-electron chi connectivity index (χ3n) is 6.02. The van der Waals surface area contributed by atoms with Crippen molar-refractivity contribution in [3.05, 3.63) is 69.9 Å². The molecule has 8 nitrogen and oxygen atoms in total. The minimum absolute atomic E-state index is 0.0683. The van der Waals surface area contributed by atoms with Gasteiger partial charge in [0, 0.05) is 25.2 Å².